The predicted molar refractivity (Wildman–Crippen MR) is 108 cm³/mol. The first kappa shape index (κ1) is 21.5. The molecule has 1 atom stereocenters. The zero-order chi connectivity index (χ0) is 21.2. The second kappa shape index (κ2) is 10.5. The Kier molecular flexibility index (Phi) is 7.80. The van der Waals surface area contributed by atoms with Crippen molar-refractivity contribution in [2.45, 2.75) is 25.8 Å². The van der Waals surface area contributed by atoms with Gasteiger partial charge in [0.25, 0.3) is 5.91 Å². The standard InChI is InChI=1S/C19H22N6O4/c1-12(24-19(29)13-3-2-4-15(9-13)22-11-23-20)18(28)25-16-7-8-21-10-14(16)5-6-17(26)27/h2-4,7-12H,5-6,20H2,1H3,(H,22,23)(H,24,29)(H,26,27)(H,21,25,28). The van der Waals surface area contributed by atoms with E-state index in [-0.39, 0.29) is 12.8 Å². The molecular weight excluding hydrogens is 376 g/mol. The highest BCUT2D eigenvalue weighted by atomic mass is 16.4. The molecule has 10 heteroatoms. The second-order valence-electron chi connectivity index (χ2n) is 6.09. The first-order chi connectivity index (χ1) is 13.9. The lowest BCUT2D eigenvalue weighted by Gasteiger charge is -2.16. The van der Waals surface area contributed by atoms with Crippen LogP contribution in [0.15, 0.2) is 47.7 Å². The summed E-state index contributed by atoms with van der Waals surface area (Å²) in [6.45, 7) is 1.55. The number of hydrazine groups is 1. The molecule has 6 N–H and O–H groups in total. The molecule has 0 aliphatic heterocycles. The highest BCUT2D eigenvalue weighted by Gasteiger charge is 2.18. The monoisotopic (exact) mass is 398 g/mol. The maximum absolute atomic E-state index is 12.5. The van der Waals surface area contributed by atoms with E-state index in [2.05, 4.69) is 26.0 Å². The Morgan fingerprint density at radius 2 is 2.10 bits per heavy atom. The fourth-order valence-electron chi connectivity index (χ4n) is 2.42. The number of carbonyl (C=O) groups excluding carboxylic acids is 2. The van der Waals surface area contributed by atoms with Crippen molar-refractivity contribution in [1.82, 2.24) is 15.7 Å². The van der Waals surface area contributed by atoms with E-state index in [0.717, 1.165) is 0 Å². The molecule has 0 aliphatic rings. The summed E-state index contributed by atoms with van der Waals surface area (Å²) < 4.78 is 0. The molecule has 152 valence electrons. The fourth-order valence-corrected chi connectivity index (χ4v) is 2.42. The first-order valence-electron chi connectivity index (χ1n) is 8.76. The summed E-state index contributed by atoms with van der Waals surface area (Å²) in [7, 11) is 0. The smallest absolute Gasteiger partial charge is 0.303 e. The number of rotatable bonds is 9. The van der Waals surface area contributed by atoms with Gasteiger partial charge in [-0.25, -0.2) is 10.8 Å². The highest BCUT2D eigenvalue weighted by molar-refractivity contribution is 6.01. The van der Waals surface area contributed by atoms with Crippen LogP contribution >= 0.6 is 0 Å². The third-order valence-electron chi connectivity index (χ3n) is 3.91. The van der Waals surface area contributed by atoms with E-state index in [9.17, 15) is 14.4 Å². The van der Waals surface area contributed by atoms with Crippen molar-refractivity contribution in [3.8, 4) is 0 Å². The number of amides is 2. The summed E-state index contributed by atoms with van der Waals surface area (Å²) in [6, 6.07) is 7.26. The molecule has 1 heterocycles. The number of anilines is 1. The maximum Gasteiger partial charge on any atom is 0.303 e. The van der Waals surface area contributed by atoms with Crippen LogP contribution < -0.4 is 21.9 Å². The van der Waals surface area contributed by atoms with Gasteiger partial charge in [-0.05, 0) is 43.2 Å². The van der Waals surface area contributed by atoms with Gasteiger partial charge < -0.3 is 21.2 Å². The van der Waals surface area contributed by atoms with Gasteiger partial charge in [0, 0.05) is 30.1 Å². The van der Waals surface area contributed by atoms with Gasteiger partial charge in [0.2, 0.25) is 5.91 Å². The van der Waals surface area contributed by atoms with E-state index >= 15 is 0 Å². The van der Waals surface area contributed by atoms with Crippen LogP contribution in [-0.2, 0) is 16.0 Å². The number of carbonyl (C=O) groups is 3. The van der Waals surface area contributed by atoms with Crippen LogP contribution in [0.4, 0.5) is 11.4 Å². The van der Waals surface area contributed by atoms with E-state index < -0.39 is 23.8 Å². The molecule has 1 aromatic heterocycles. The average Bonchev–Trinajstić information content (AvgIpc) is 2.71. The Morgan fingerprint density at radius 3 is 2.83 bits per heavy atom. The van der Waals surface area contributed by atoms with E-state index in [1.165, 1.54) is 18.7 Å². The number of nitrogens with one attached hydrogen (secondary N) is 3. The number of carboxylic acids is 1. The van der Waals surface area contributed by atoms with Crippen LogP contribution in [0.3, 0.4) is 0 Å². The third kappa shape index (κ3) is 6.70. The summed E-state index contributed by atoms with van der Waals surface area (Å²) in [4.78, 5) is 43.6. The summed E-state index contributed by atoms with van der Waals surface area (Å²) in [5, 5.41) is 14.2. The number of benzene rings is 1. The van der Waals surface area contributed by atoms with Gasteiger partial charge >= 0.3 is 5.97 Å². The largest absolute Gasteiger partial charge is 0.481 e. The van der Waals surface area contributed by atoms with Crippen LogP contribution in [0.1, 0.15) is 29.3 Å². The van der Waals surface area contributed by atoms with Crippen LogP contribution in [0.5, 0.6) is 0 Å². The van der Waals surface area contributed by atoms with Gasteiger partial charge in [-0.3, -0.25) is 19.4 Å². The zero-order valence-electron chi connectivity index (χ0n) is 15.8. The minimum Gasteiger partial charge on any atom is -0.481 e. The normalized spacial score (nSPS) is 11.7. The van der Waals surface area contributed by atoms with Crippen LogP contribution in [0.2, 0.25) is 0 Å². The second-order valence-corrected chi connectivity index (χ2v) is 6.09. The minimum atomic E-state index is -0.944. The van der Waals surface area contributed by atoms with Gasteiger partial charge in [0.05, 0.1) is 5.69 Å². The number of hydrogen-bond acceptors (Lipinski definition) is 6. The van der Waals surface area contributed by atoms with Crippen molar-refractivity contribution in [2.24, 2.45) is 10.8 Å². The van der Waals surface area contributed by atoms with Crippen molar-refractivity contribution < 1.29 is 19.5 Å². The molecule has 10 nitrogen and oxygen atoms in total. The molecule has 1 unspecified atom stereocenters. The molecule has 1 aromatic carbocycles. The van der Waals surface area contributed by atoms with Crippen molar-refractivity contribution in [3.63, 3.8) is 0 Å². The van der Waals surface area contributed by atoms with E-state index in [1.807, 2.05) is 0 Å². The Balaban J connectivity index is 2.02. The molecule has 2 rings (SSSR count). The SMILES string of the molecule is CC(NC(=O)c1cccc(N=CNN)c1)C(=O)Nc1ccncc1CCC(=O)O. The molecule has 0 fully saturated rings. The molecule has 0 saturated heterocycles. The predicted octanol–water partition coefficient (Wildman–Crippen LogP) is 0.979. The minimum absolute atomic E-state index is 0.0840. The number of aromatic nitrogens is 1. The zero-order valence-corrected chi connectivity index (χ0v) is 15.8. The Labute approximate surface area is 167 Å². The number of nitrogens with two attached hydrogens (primary N) is 1. The topological polar surface area (TPSA) is 159 Å². The van der Waals surface area contributed by atoms with Gasteiger partial charge in [-0.2, -0.15) is 0 Å². The molecule has 0 spiro atoms. The summed E-state index contributed by atoms with van der Waals surface area (Å²) >= 11 is 0. The average molecular weight is 398 g/mol. The third-order valence-corrected chi connectivity index (χ3v) is 3.91. The van der Waals surface area contributed by atoms with Gasteiger partial charge in [-0.15, -0.1) is 0 Å². The molecule has 2 aromatic rings. The van der Waals surface area contributed by atoms with Gasteiger partial charge in [-0.1, -0.05) is 6.07 Å². The van der Waals surface area contributed by atoms with Crippen LogP contribution in [-0.4, -0.2) is 40.3 Å². The fraction of sp³-hybridized carbons (Fsp3) is 0.211. The first-order valence-corrected chi connectivity index (χ1v) is 8.76. The van der Waals surface area contributed by atoms with E-state index in [1.54, 1.807) is 37.3 Å². The number of carboxylic acid groups (broad SMARTS) is 1. The number of nitrogens with zero attached hydrogens (tertiary/aromatic N) is 2. The van der Waals surface area contributed by atoms with Crippen molar-refractivity contribution in [1.29, 1.82) is 0 Å². The van der Waals surface area contributed by atoms with Gasteiger partial charge in [0.1, 0.15) is 12.4 Å². The molecule has 0 radical (unpaired) electrons. The van der Waals surface area contributed by atoms with E-state index in [0.29, 0.717) is 22.5 Å². The van der Waals surface area contributed by atoms with Gasteiger partial charge in [0.15, 0.2) is 0 Å². The molecule has 0 bridgehead atoms. The number of hydrogen-bond donors (Lipinski definition) is 5. The summed E-state index contributed by atoms with van der Waals surface area (Å²) in [6.07, 6.45) is 4.42. The summed E-state index contributed by atoms with van der Waals surface area (Å²) in [5.41, 5.74) is 4.18. The maximum atomic E-state index is 12.5. The lowest BCUT2D eigenvalue weighted by atomic mass is 10.1. The number of aryl methyl sites for hydroxylation is 1. The van der Waals surface area contributed by atoms with Crippen LogP contribution in [0.25, 0.3) is 0 Å². The molecule has 2 amide bonds. The Bertz CT molecular complexity index is 915. The molecule has 29 heavy (non-hydrogen) atoms. The van der Waals surface area contributed by atoms with E-state index in [4.69, 9.17) is 10.9 Å². The van der Waals surface area contributed by atoms with Crippen molar-refractivity contribution in [3.05, 3.63) is 53.9 Å². The molecule has 0 saturated carbocycles. The summed E-state index contributed by atoms with van der Waals surface area (Å²) in [5.74, 6) is 3.30. The Morgan fingerprint density at radius 1 is 1.31 bits per heavy atom. The van der Waals surface area contributed by atoms with Crippen LogP contribution in [0, 0.1) is 0 Å². The van der Waals surface area contributed by atoms with Crippen molar-refractivity contribution >= 4 is 35.5 Å². The number of aliphatic carboxylic acids is 1. The Hall–Kier alpha value is -3.79. The quantitative estimate of drug-likeness (QED) is 0.182. The lowest BCUT2D eigenvalue weighted by Crippen LogP contribution is -2.41. The van der Waals surface area contributed by atoms with Crippen molar-refractivity contribution in [2.75, 3.05) is 5.32 Å². The highest BCUT2D eigenvalue weighted by Crippen LogP contribution is 2.16. The number of aliphatic imine (C=N–C) groups is 1. The molecular formula is C19H22N6O4. The molecule has 0 aliphatic carbocycles. The number of pyridine rings is 1. The lowest BCUT2D eigenvalue weighted by molar-refractivity contribution is -0.137.